The lowest BCUT2D eigenvalue weighted by Crippen LogP contribution is -1.84. The van der Waals surface area contributed by atoms with Crippen molar-refractivity contribution in [1.29, 1.82) is 0 Å². The predicted octanol–water partition coefficient (Wildman–Crippen LogP) is 4.83. The van der Waals surface area contributed by atoms with Gasteiger partial charge in [0.05, 0.1) is 21.6 Å². The van der Waals surface area contributed by atoms with E-state index in [0.29, 0.717) is 0 Å². The Kier molecular flexibility index (Phi) is 2.12. The summed E-state index contributed by atoms with van der Waals surface area (Å²) >= 11 is 6.53. The van der Waals surface area contributed by atoms with Crippen LogP contribution in [-0.2, 0) is 0 Å². The Labute approximate surface area is 115 Å². The first kappa shape index (κ1) is 10.8. The minimum absolute atomic E-state index is 0.746. The smallest absolute Gasteiger partial charge is 0.0980 e. The molecule has 0 fully saturated rings. The van der Waals surface area contributed by atoms with Crippen LogP contribution in [0.3, 0.4) is 0 Å². The van der Waals surface area contributed by atoms with E-state index in [1.807, 2.05) is 24.3 Å². The molecule has 2 heterocycles. The molecule has 0 amide bonds. The van der Waals surface area contributed by atoms with Crippen molar-refractivity contribution in [1.82, 2.24) is 9.97 Å². The highest BCUT2D eigenvalue weighted by molar-refractivity contribution is 6.40. The molecule has 0 aliphatic carbocycles. The molecule has 0 saturated heterocycles. The van der Waals surface area contributed by atoms with Crippen molar-refractivity contribution in [3.8, 4) is 0 Å². The Morgan fingerprint density at radius 3 is 2.79 bits per heavy atom. The number of hydrogen-bond donors (Lipinski definition) is 1. The molecule has 3 heteroatoms. The molecule has 1 N–H and O–H groups in total. The second-order valence-electron chi connectivity index (χ2n) is 4.84. The van der Waals surface area contributed by atoms with E-state index < -0.39 is 0 Å². The highest BCUT2D eigenvalue weighted by atomic mass is 35.5. The van der Waals surface area contributed by atoms with E-state index in [1.54, 1.807) is 0 Å². The lowest BCUT2D eigenvalue weighted by molar-refractivity contribution is 1.44. The lowest BCUT2D eigenvalue weighted by atomic mass is 10.1. The minimum Gasteiger partial charge on any atom is -0.352 e. The number of nitrogens with zero attached hydrogens (tertiary/aromatic N) is 1. The van der Waals surface area contributed by atoms with Gasteiger partial charge in [0.15, 0.2) is 0 Å². The van der Waals surface area contributed by atoms with E-state index in [9.17, 15) is 0 Å². The Bertz CT molecular complexity index is 938. The second-order valence-corrected chi connectivity index (χ2v) is 5.22. The summed E-state index contributed by atoms with van der Waals surface area (Å²) in [5.41, 5.74) is 5.06. The second kappa shape index (κ2) is 3.72. The number of aromatic nitrogens is 2. The SMILES string of the molecule is Cc1ccc2c(Cl)c3[nH]c4ccccc4c3nc2c1. The molecule has 0 unspecified atom stereocenters. The Morgan fingerprint density at radius 1 is 1.05 bits per heavy atom. The van der Waals surface area contributed by atoms with Gasteiger partial charge in [-0.05, 0) is 24.6 Å². The first-order valence-corrected chi connectivity index (χ1v) is 6.58. The van der Waals surface area contributed by atoms with Crippen LogP contribution in [0.2, 0.25) is 5.02 Å². The zero-order valence-corrected chi connectivity index (χ0v) is 11.1. The Morgan fingerprint density at radius 2 is 1.89 bits per heavy atom. The number of halogens is 1. The van der Waals surface area contributed by atoms with Crippen molar-refractivity contribution in [2.75, 3.05) is 0 Å². The van der Waals surface area contributed by atoms with Crippen molar-refractivity contribution in [3.05, 3.63) is 53.1 Å². The summed E-state index contributed by atoms with van der Waals surface area (Å²) in [6, 6.07) is 14.3. The zero-order chi connectivity index (χ0) is 13.0. The molecule has 0 saturated carbocycles. The van der Waals surface area contributed by atoms with Crippen molar-refractivity contribution < 1.29 is 0 Å². The number of aromatic amines is 1. The fraction of sp³-hybridized carbons (Fsp3) is 0.0625. The normalized spacial score (nSPS) is 11.7. The first-order chi connectivity index (χ1) is 9.24. The van der Waals surface area contributed by atoms with Gasteiger partial charge in [0.1, 0.15) is 0 Å². The molecule has 0 radical (unpaired) electrons. The maximum atomic E-state index is 6.53. The molecule has 19 heavy (non-hydrogen) atoms. The topological polar surface area (TPSA) is 28.7 Å². The lowest BCUT2D eigenvalue weighted by Gasteiger charge is -2.03. The molecule has 4 rings (SSSR count). The molecule has 2 aromatic heterocycles. The number of nitrogens with one attached hydrogen (secondary N) is 1. The molecule has 0 aliphatic rings. The van der Waals surface area contributed by atoms with E-state index in [1.165, 1.54) is 5.56 Å². The van der Waals surface area contributed by atoms with E-state index in [0.717, 1.165) is 37.9 Å². The number of benzene rings is 2. The molecular weight excluding hydrogens is 256 g/mol. The summed E-state index contributed by atoms with van der Waals surface area (Å²) in [5.74, 6) is 0. The number of para-hydroxylation sites is 1. The molecule has 92 valence electrons. The summed E-state index contributed by atoms with van der Waals surface area (Å²) < 4.78 is 0. The van der Waals surface area contributed by atoms with Gasteiger partial charge >= 0.3 is 0 Å². The van der Waals surface area contributed by atoms with Gasteiger partial charge in [-0.15, -0.1) is 0 Å². The van der Waals surface area contributed by atoms with Gasteiger partial charge in [0.2, 0.25) is 0 Å². The van der Waals surface area contributed by atoms with Crippen molar-refractivity contribution in [2.24, 2.45) is 0 Å². The Balaban J connectivity index is 2.30. The molecule has 2 nitrogen and oxygen atoms in total. The zero-order valence-electron chi connectivity index (χ0n) is 10.4. The third kappa shape index (κ3) is 1.47. The fourth-order valence-corrected chi connectivity index (χ4v) is 2.87. The van der Waals surface area contributed by atoms with Gasteiger partial charge in [-0.25, -0.2) is 4.98 Å². The average molecular weight is 267 g/mol. The maximum absolute atomic E-state index is 6.53. The van der Waals surface area contributed by atoms with Gasteiger partial charge in [-0.3, -0.25) is 0 Å². The number of aryl methyl sites for hydroxylation is 1. The molecule has 4 aromatic rings. The molecule has 0 atom stereocenters. The van der Waals surface area contributed by atoms with Crippen molar-refractivity contribution in [2.45, 2.75) is 6.92 Å². The summed E-state index contributed by atoms with van der Waals surface area (Å²) in [5, 5.41) is 2.85. The van der Waals surface area contributed by atoms with Gasteiger partial charge < -0.3 is 4.98 Å². The monoisotopic (exact) mass is 266 g/mol. The van der Waals surface area contributed by atoms with E-state index in [4.69, 9.17) is 16.6 Å². The summed E-state index contributed by atoms with van der Waals surface area (Å²) in [6.45, 7) is 2.06. The predicted molar refractivity (Wildman–Crippen MR) is 80.9 cm³/mol. The molecule has 0 aliphatic heterocycles. The average Bonchev–Trinajstić information content (AvgIpc) is 2.78. The highest BCUT2D eigenvalue weighted by Gasteiger charge is 2.12. The van der Waals surface area contributed by atoms with E-state index in [2.05, 4.69) is 30.1 Å². The van der Waals surface area contributed by atoms with E-state index >= 15 is 0 Å². The van der Waals surface area contributed by atoms with Crippen LogP contribution in [0.15, 0.2) is 42.5 Å². The van der Waals surface area contributed by atoms with Crippen LogP contribution < -0.4 is 0 Å². The Hall–Kier alpha value is -2.06. The maximum Gasteiger partial charge on any atom is 0.0980 e. The van der Waals surface area contributed by atoms with Crippen LogP contribution in [0.25, 0.3) is 32.8 Å². The number of rotatable bonds is 0. The number of fused-ring (bicyclic) bond motifs is 4. The van der Waals surface area contributed by atoms with Gasteiger partial charge in [0, 0.05) is 16.3 Å². The van der Waals surface area contributed by atoms with Crippen LogP contribution in [0.1, 0.15) is 5.56 Å². The quantitative estimate of drug-likeness (QED) is 0.485. The van der Waals surface area contributed by atoms with Crippen LogP contribution in [0, 0.1) is 6.92 Å². The summed E-state index contributed by atoms with van der Waals surface area (Å²) in [7, 11) is 0. The van der Waals surface area contributed by atoms with Crippen LogP contribution in [-0.4, -0.2) is 9.97 Å². The third-order valence-electron chi connectivity index (χ3n) is 3.52. The largest absolute Gasteiger partial charge is 0.352 e. The van der Waals surface area contributed by atoms with E-state index in [-0.39, 0.29) is 0 Å². The summed E-state index contributed by atoms with van der Waals surface area (Å²) in [6.07, 6.45) is 0. The van der Waals surface area contributed by atoms with Gasteiger partial charge in [-0.2, -0.15) is 0 Å². The fourth-order valence-electron chi connectivity index (χ4n) is 2.58. The van der Waals surface area contributed by atoms with Crippen LogP contribution in [0.5, 0.6) is 0 Å². The number of hydrogen-bond acceptors (Lipinski definition) is 1. The third-order valence-corrected chi connectivity index (χ3v) is 3.91. The van der Waals surface area contributed by atoms with Crippen LogP contribution in [0.4, 0.5) is 0 Å². The van der Waals surface area contributed by atoms with Crippen LogP contribution >= 0.6 is 11.6 Å². The summed E-state index contributed by atoms with van der Waals surface area (Å²) in [4.78, 5) is 8.13. The van der Waals surface area contributed by atoms with Gasteiger partial charge in [0.25, 0.3) is 0 Å². The minimum atomic E-state index is 0.746. The molecule has 0 bridgehead atoms. The van der Waals surface area contributed by atoms with Gasteiger partial charge in [-0.1, -0.05) is 41.9 Å². The highest BCUT2D eigenvalue weighted by Crippen LogP contribution is 2.34. The van der Waals surface area contributed by atoms with Crippen molar-refractivity contribution in [3.63, 3.8) is 0 Å². The van der Waals surface area contributed by atoms with Crippen molar-refractivity contribution >= 4 is 44.4 Å². The number of H-pyrrole nitrogens is 1. The standard InChI is InChI=1S/C16H11ClN2/c1-9-6-7-10-13(8-9)19-15-11-4-2-3-5-12(11)18-16(15)14(10)17/h2-8,18H,1H3. The molecule has 2 aromatic carbocycles. The molecular formula is C16H11ClN2. The molecule has 0 spiro atoms. The number of pyridine rings is 1. The first-order valence-electron chi connectivity index (χ1n) is 6.20.